The first kappa shape index (κ1) is 11.4. The van der Waals surface area contributed by atoms with E-state index < -0.39 is 5.54 Å². The third-order valence-corrected chi connectivity index (χ3v) is 2.48. The summed E-state index contributed by atoms with van der Waals surface area (Å²) < 4.78 is 0.699. The Balaban J connectivity index is 2.99. The lowest BCUT2D eigenvalue weighted by Crippen LogP contribution is -2.40. The van der Waals surface area contributed by atoms with E-state index >= 15 is 0 Å². The maximum Gasteiger partial charge on any atom is 0.224 e. The van der Waals surface area contributed by atoms with E-state index in [0.29, 0.717) is 4.74 Å². The molecule has 0 spiro atoms. The molecular formula is C12H15NO2. The topological polar surface area (TPSA) is 43.1 Å². The van der Waals surface area contributed by atoms with Crippen molar-refractivity contribution >= 4 is 12.0 Å². The van der Waals surface area contributed by atoms with Crippen molar-refractivity contribution in [2.24, 2.45) is 0 Å². The lowest BCUT2D eigenvalue weighted by atomic mass is 10.0. The number of benzene rings is 1. The minimum Gasteiger partial charge on any atom is -0.623 e. The summed E-state index contributed by atoms with van der Waals surface area (Å²) in [5, 5.41) is 11.7. The van der Waals surface area contributed by atoms with Gasteiger partial charge in [0, 0.05) is 26.3 Å². The van der Waals surface area contributed by atoms with Crippen molar-refractivity contribution in [3.8, 4) is 0 Å². The summed E-state index contributed by atoms with van der Waals surface area (Å²) in [5.41, 5.74) is -0.211. The van der Waals surface area contributed by atoms with Crippen molar-refractivity contribution in [2.75, 3.05) is 0 Å². The number of Topliss-reactive ketones (excluding diaryl/α,β-unsaturated/α-hetero) is 1. The van der Waals surface area contributed by atoms with E-state index in [2.05, 4.69) is 0 Å². The van der Waals surface area contributed by atoms with Gasteiger partial charge in [0.2, 0.25) is 11.3 Å². The molecule has 1 aromatic carbocycles. The van der Waals surface area contributed by atoms with Crippen LogP contribution in [0.4, 0.5) is 0 Å². The summed E-state index contributed by atoms with van der Waals surface area (Å²) in [4.78, 5) is 11.2. The van der Waals surface area contributed by atoms with E-state index in [1.807, 2.05) is 30.3 Å². The molecule has 0 aromatic heterocycles. The van der Waals surface area contributed by atoms with Gasteiger partial charge in [0.25, 0.3) is 0 Å². The number of hydrogen-bond donors (Lipinski definition) is 0. The Hall–Kier alpha value is -1.64. The fourth-order valence-electron chi connectivity index (χ4n) is 0.991. The second-order valence-corrected chi connectivity index (χ2v) is 3.98. The normalized spacial score (nSPS) is 12.6. The van der Waals surface area contributed by atoms with Crippen LogP contribution in [-0.2, 0) is 4.79 Å². The van der Waals surface area contributed by atoms with Gasteiger partial charge in [-0.3, -0.25) is 4.79 Å². The van der Waals surface area contributed by atoms with Crippen molar-refractivity contribution in [3.63, 3.8) is 0 Å². The van der Waals surface area contributed by atoms with Crippen LogP contribution in [0.2, 0.25) is 0 Å². The second kappa shape index (κ2) is 4.26. The number of hydrogen-bond acceptors (Lipinski definition) is 2. The Morgan fingerprint density at radius 2 is 1.87 bits per heavy atom. The van der Waals surface area contributed by atoms with Crippen LogP contribution >= 0.6 is 0 Å². The van der Waals surface area contributed by atoms with Gasteiger partial charge in [-0.2, -0.15) is 4.74 Å². The van der Waals surface area contributed by atoms with Gasteiger partial charge in [0.15, 0.2) is 6.21 Å². The molecule has 0 aliphatic carbocycles. The molecule has 3 nitrogen and oxygen atoms in total. The predicted molar refractivity (Wildman–Crippen MR) is 60.0 cm³/mol. The molecule has 15 heavy (non-hydrogen) atoms. The third-order valence-electron chi connectivity index (χ3n) is 2.48. The molecule has 3 heteroatoms. The Morgan fingerprint density at radius 1 is 1.33 bits per heavy atom. The van der Waals surface area contributed by atoms with Crippen LogP contribution in [0.1, 0.15) is 26.3 Å². The number of rotatable bonds is 3. The molecule has 0 bridgehead atoms. The Morgan fingerprint density at radius 3 is 2.33 bits per heavy atom. The molecule has 0 fully saturated rings. The maximum absolute atomic E-state index is 11.7. The van der Waals surface area contributed by atoms with Crippen LogP contribution in [0, 0.1) is 5.21 Å². The summed E-state index contributed by atoms with van der Waals surface area (Å²) >= 11 is 0. The quantitative estimate of drug-likeness (QED) is 0.328. The van der Waals surface area contributed by atoms with E-state index in [4.69, 9.17) is 0 Å². The Bertz CT molecular complexity index is 380. The average molecular weight is 205 g/mol. The number of nitrogens with zero attached hydrogens (tertiary/aromatic N) is 1. The molecule has 0 unspecified atom stereocenters. The van der Waals surface area contributed by atoms with Gasteiger partial charge in [0.1, 0.15) is 0 Å². The lowest BCUT2D eigenvalue weighted by Gasteiger charge is -2.20. The summed E-state index contributed by atoms with van der Waals surface area (Å²) in [6, 6.07) is 9.21. The SMILES string of the molecule is CC(=O)C(C)(C)/[N+]([O-])=C/c1ccccc1. The molecule has 0 aliphatic heterocycles. The lowest BCUT2D eigenvalue weighted by molar-refractivity contribution is -0.517. The van der Waals surface area contributed by atoms with E-state index in [1.54, 1.807) is 13.8 Å². The summed E-state index contributed by atoms with van der Waals surface area (Å²) in [6.45, 7) is 4.65. The van der Waals surface area contributed by atoms with Crippen LogP contribution in [0.25, 0.3) is 0 Å². The molecule has 0 radical (unpaired) electrons. The largest absolute Gasteiger partial charge is 0.623 e. The highest BCUT2D eigenvalue weighted by Gasteiger charge is 2.32. The van der Waals surface area contributed by atoms with Crippen LogP contribution < -0.4 is 0 Å². The zero-order chi connectivity index (χ0) is 11.5. The zero-order valence-corrected chi connectivity index (χ0v) is 9.23. The molecule has 0 atom stereocenters. The molecule has 0 amide bonds. The van der Waals surface area contributed by atoms with Gasteiger partial charge in [0.05, 0.1) is 0 Å². The van der Waals surface area contributed by atoms with Gasteiger partial charge < -0.3 is 5.21 Å². The fraction of sp³-hybridized carbons (Fsp3) is 0.333. The molecular weight excluding hydrogens is 190 g/mol. The number of hydroxylamine groups is 1. The van der Waals surface area contributed by atoms with E-state index in [1.165, 1.54) is 13.1 Å². The van der Waals surface area contributed by atoms with Crippen molar-refractivity contribution in [2.45, 2.75) is 26.3 Å². The Kier molecular flexibility index (Phi) is 3.24. The molecule has 0 saturated carbocycles. The van der Waals surface area contributed by atoms with Crippen molar-refractivity contribution in [1.82, 2.24) is 0 Å². The average Bonchev–Trinajstić information content (AvgIpc) is 2.18. The highest BCUT2D eigenvalue weighted by Crippen LogP contribution is 2.09. The number of carbonyl (C=O) groups is 1. The molecule has 0 aliphatic rings. The summed E-state index contributed by atoms with van der Waals surface area (Å²) in [6.07, 6.45) is 1.43. The number of carbonyl (C=O) groups excluding carboxylic acids is 1. The van der Waals surface area contributed by atoms with Gasteiger partial charge >= 0.3 is 0 Å². The first-order valence-electron chi connectivity index (χ1n) is 4.82. The predicted octanol–water partition coefficient (Wildman–Crippen LogP) is 1.98. The Labute approximate surface area is 89.6 Å². The monoisotopic (exact) mass is 205 g/mol. The van der Waals surface area contributed by atoms with Crippen LogP contribution in [0.3, 0.4) is 0 Å². The highest BCUT2D eigenvalue weighted by molar-refractivity contribution is 5.85. The van der Waals surface area contributed by atoms with E-state index in [9.17, 15) is 10.0 Å². The second-order valence-electron chi connectivity index (χ2n) is 3.98. The van der Waals surface area contributed by atoms with Crippen LogP contribution in [0.15, 0.2) is 30.3 Å². The number of ketones is 1. The van der Waals surface area contributed by atoms with Gasteiger partial charge in [-0.25, -0.2) is 0 Å². The molecule has 0 N–H and O–H groups in total. The standard InChI is InChI=1S/C12H15NO2/c1-10(14)12(2,3)13(15)9-11-7-5-4-6-8-11/h4-9H,1-3H3/b13-9-. The van der Waals surface area contributed by atoms with Gasteiger partial charge in [-0.15, -0.1) is 0 Å². The maximum atomic E-state index is 11.7. The molecule has 80 valence electrons. The van der Waals surface area contributed by atoms with Crippen molar-refractivity contribution in [1.29, 1.82) is 0 Å². The van der Waals surface area contributed by atoms with Gasteiger partial charge in [-0.1, -0.05) is 18.2 Å². The van der Waals surface area contributed by atoms with Crippen molar-refractivity contribution < 1.29 is 9.53 Å². The molecule has 0 heterocycles. The first-order valence-corrected chi connectivity index (χ1v) is 4.82. The van der Waals surface area contributed by atoms with Crippen LogP contribution in [-0.4, -0.2) is 22.3 Å². The summed E-state index contributed by atoms with van der Waals surface area (Å²) in [7, 11) is 0. The first-order chi connectivity index (χ1) is 6.94. The highest BCUT2D eigenvalue weighted by atomic mass is 16.5. The fourth-order valence-corrected chi connectivity index (χ4v) is 0.991. The zero-order valence-electron chi connectivity index (χ0n) is 9.23. The minimum atomic E-state index is -1.00. The van der Waals surface area contributed by atoms with E-state index in [0.717, 1.165) is 5.56 Å². The van der Waals surface area contributed by atoms with E-state index in [-0.39, 0.29) is 5.78 Å². The molecule has 1 aromatic rings. The molecule has 0 saturated heterocycles. The summed E-state index contributed by atoms with van der Waals surface area (Å²) in [5.74, 6) is -0.148. The minimum absolute atomic E-state index is 0.148. The van der Waals surface area contributed by atoms with Crippen LogP contribution in [0.5, 0.6) is 0 Å². The third kappa shape index (κ3) is 2.65. The van der Waals surface area contributed by atoms with Gasteiger partial charge in [-0.05, 0) is 12.1 Å². The smallest absolute Gasteiger partial charge is 0.224 e. The molecule has 1 rings (SSSR count). The van der Waals surface area contributed by atoms with Crippen molar-refractivity contribution in [3.05, 3.63) is 41.1 Å².